The van der Waals surface area contributed by atoms with Crippen LogP contribution in [0.2, 0.25) is 0 Å². The van der Waals surface area contributed by atoms with Crippen molar-refractivity contribution in [1.82, 2.24) is 9.97 Å². The first kappa shape index (κ1) is 29.5. The Bertz CT molecular complexity index is 3060. The number of aromatic nitrogens is 2. The molecule has 4 aromatic heterocycles. The molecule has 0 radical (unpaired) electrons. The summed E-state index contributed by atoms with van der Waals surface area (Å²) in [6.07, 6.45) is 0. The molecule has 2 nitrogen and oxygen atoms in total. The van der Waals surface area contributed by atoms with Crippen LogP contribution in [0.1, 0.15) is 0 Å². The molecule has 52 heavy (non-hydrogen) atoms. The topological polar surface area (TPSA) is 25.8 Å². The summed E-state index contributed by atoms with van der Waals surface area (Å²) in [7, 11) is 0. The molecule has 0 spiro atoms. The van der Waals surface area contributed by atoms with Gasteiger partial charge in [0.05, 0.1) is 22.4 Å². The van der Waals surface area contributed by atoms with E-state index in [1.165, 1.54) is 62.6 Å². The Morgan fingerprint density at radius 3 is 1.29 bits per heavy atom. The molecule has 0 unspecified atom stereocenters. The van der Waals surface area contributed by atoms with Gasteiger partial charge in [-0.2, -0.15) is 0 Å². The third kappa shape index (κ3) is 4.84. The smallest absolute Gasteiger partial charge is 0.0972 e. The van der Waals surface area contributed by atoms with Crippen LogP contribution in [0.15, 0.2) is 170 Å². The molecule has 4 heteroatoms. The van der Waals surface area contributed by atoms with Crippen LogP contribution in [0.25, 0.3) is 107 Å². The second kappa shape index (κ2) is 11.7. The van der Waals surface area contributed by atoms with Gasteiger partial charge in [-0.05, 0) is 89.0 Å². The molecule has 0 bridgehead atoms. The second-order valence-electron chi connectivity index (χ2n) is 13.4. The lowest BCUT2D eigenvalue weighted by Crippen LogP contribution is -1.92. The van der Waals surface area contributed by atoms with E-state index in [0.717, 1.165) is 44.3 Å². The van der Waals surface area contributed by atoms with Gasteiger partial charge in [0, 0.05) is 62.2 Å². The third-order valence-corrected chi connectivity index (χ3v) is 12.5. The van der Waals surface area contributed by atoms with Crippen molar-refractivity contribution < 1.29 is 0 Å². The second-order valence-corrected chi connectivity index (χ2v) is 15.6. The number of nitrogens with zero attached hydrogens (tertiary/aromatic N) is 2. The molecule has 0 saturated heterocycles. The van der Waals surface area contributed by atoms with Crippen molar-refractivity contribution in [3.05, 3.63) is 170 Å². The minimum atomic E-state index is 0.914. The normalized spacial score (nSPS) is 11.8. The predicted octanol–water partition coefficient (Wildman–Crippen LogP) is 14.2. The fourth-order valence-corrected chi connectivity index (χ4v) is 9.79. The van der Waals surface area contributed by atoms with E-state index in [2.05, 4.69) is 164 Å². The Kier molecular flexibility index (Phi) is 6.63. The predicted molar refractivity (Wildman–Crippen MR) is 225 cm³/mol. The fraction of sp³-hybridized carbons (Fsp3) is 0. The number of benzene rings is 7. The highest BCUT2D eigenvalue weighted by Gasteiger charge is 2.14. The number of thiophene rings is 2. The molecule has 0 saturated carbocycles. The maximum Gasteiger partial charge on any atom is 0.0972 e. The monoisotopic (exact) mass is 696 g/mol. The molecule has 0 fully saturated rings. The number of hydrogen-bond donors (Lipinski definition) is 0. The SMILES string of the molecule is c1ccc(-c2ccc3ccc4ccc(-c5cc(-c6ccc7sc8ccccc8c7c6)cc(-c6ccc7sc8ccccc8c7c6)c5)nc4c3n2)cc1. The van der Waals surface area contributed by atoms with E-state index in [1.807, 2.05) is 28.7 Å². The third-order valence-electron chi connectivity index (χ3n) is 10.2. The molecule has 11 rings (SSSR count). The standard InChI is InChI=1S/C48H28N2S2/c1-2-8-29(9-3-1)41-20-16-30-14-15-31-17-21-42(50-48(31)47(30)49-41)36-25-34(32-18-22-45-39(27-32)37-10-4-6-12-43(37)51-45)24-35(26-36)33-19-23-46-40(28-33)38-11-5-7-13-44(38)52-46/h1-28H. The summed E-state index contributed by atoms with van der Waals surface area (Å²) < 4.78 is 5.25. The zero-order valence-electron chi connectivity index (χ0n) is 27.9. The Morgan fingerprint density at radius 2 is 0.731 bits per heavy atom. The van der Waals surface area contributed by atoms with E-state index < -0.39 is 0 Å². The maximum atomic E-state index is 5.38. The number of rotatable bonds is 4. The van der Waals surface area contributed by atoms with Crippen LogP contribution in [0.5, 0.6) is 0 Å². The van der Waals surface area contributed by atoms with Gasteiger partial charge in [-0.1, -0.05) is 103 Å². The van der Waals surface area contributed by atoms with Crippen LogP contribution in [0.4, 0.5) is 0 Å². The lowest BCUT2D eigenvalue weighted by atomic mass is 9.93. The highest BCUT2D eigenvalue weighted by Crippen LogP contribution is 2.41. The molecule has 242 valence electrons. The molecule has 0 atom stereocenters. The van der Waals surface area contributed by atoms with Crippen LogP contribution in [0.3, 0.4) is 0 Å². The van der Waals surface area contributed by atoms with E-state index in [9.17, 15) is 0 Å². The average Bonchev–Trinajstić information content (AvgIpc) is 3.78. The summed E-state index contributed by atoms with van der Waals surface area (Å²) in [5.74, 6) is 0. The van der Waals surface area contributed by atoms with Crippen LogP contribution in [-0.2, 0) is 0 Å². The summed E-state index contributed by atoms with van der Waals surface area (Å²) >= 11 is 3.71. The van der Waals surface area contributed by atoms with Crippen molar-refractivity contribution in [2.45, 2.75) is 0 Å². The number of pyridine rings is 2. The highest BCUT2D eigenvalue weighted by atomic mass is 32.1. The molecule has 0 aliphatic heterocycles. The number of fused-ring (bicyclic) bond motifs is 9. The Labute approximate surface area is 307 Å². The lowest BCUT2D eigenvalue weighted by molar-refractivity contribution is 1.36. The van der Waals surface area contributed by atoms with Gasteiger partial charge in [-0.15, -0.1) is 22.7 Å². The Morgan fingerprint density at radius 1 is 0.288 bits per heavy atom. The molecule has 11 aromatic rings. The van der Waals surface area contributed by atoms with Gasteiger partial charge < -0.3 is 0 Å². The van der Waals surface area contributed by atoms with Gasteiger partial charge in [-0.3, -0.25) is 0 Å². The first-order valence-corrected chi connectivity index (χ1v) is 19.1. The molecule has 0 aliphatic carbocycles. The van der Waals surface area contributed by atoms with Crippen molar-refractivity contribution in [2.75, 3.05) is 0 Å². The van der Waals surface area contributed by atoms with Gasteiger partial charge in [0.1, 0.15) is 0 Å². The zero-order valence-corrected chi connectivity index (χ0v) is 29.5. The minimum absolute atomic E-state index is 0.914. The summed E-state index contributed by atoms with van der Waals surface area (Å²) in [5, 5.41) is 7.37. The summed E-state index contributed by atoms with van der Waals surface area (Å²) in [4.78, 5) is 10.6. The highest BCUT2D eigenvalue weighted by molar-refractivity contribution is 7.26. The maximum absolute atomic E-state index is 5.38. The van der Waals surface area contributed by atoms with E-state index >= 15 is 0 Å². The summed E-state index contributed by atoms with van der Waals surface area (Å²) in [5.41, 5.74) is 10.6. The number of hydrogen-bond acceptors (Lipinski definition) is 4. The Hall–Kier alpha value is -6.20. The molecule has 0 N–H and O–H groups in total. The largest absolute Gasteiger partial charge is 0.245 e. The quantitative estimate of drug-likeness (QED) is 0.171. The molecule has 0 amide bonds. The van der Waals surface area contributed by atoms with Crippen molar-refractivity contribution in [3.8, 4) is 44.8 Å². The molecule has 0 aliphatic rings. The zero-order chi connectivity index (χ0) is 34.2. The summed E-state index contributed by atoms with van der Waals surface area (Å²) in [6, 6.07) is 61.5. The van der Waals surface area contributed by atoms with E-state index in [0.29, 0.717) is 0 Å². The van der Waals surface area contributed by atoms with Crippen LogP contribution >= 0.6 is 22.7 Å². The molecule has 4 heterocycles. The molecule has 7 aromatic carbocycles. The van der Waals surface area contributed by atoms with Gasteiger partial charge in [0.25, 0.3) is 0 Å². The first-order valence-electron chi connectivity index (χ1n) is 17.5. The lowest BCUT2D eigenvalue weighted by Gasteiger charge is -2.13. The van der Waals surface area contributed by atoms with Crippen molar-refractivity contribution >= 4 is 84.8 Å². The minimum Gasteiger partial charge on any atom is -0.245 e. The van der Waals surface area contributed by atoms with Gasteiger partial charge in [-0.25, -0.2) is 9.97 Å². The average molecular weight is 697 g/mol. The first-order chi connectivity index (χ1) is 25.7. The van der Waals surface area contributed by atoms with E-state index in [4.69, 9.17) is 9.97 Å². The van der Waals surface area contributed by atoms with Gasteiger partial charge in [0.2, 0.25) is 0 Å². The molecular weight excluding hydrogens is 669 g/mol. The van der Waals surface area contributed by atoms with E-state index in [-0.39, 0.29) is 0 Å². The van der Waals surface area contributed by atoms with Crippen molar-refractivity contribution in [3.63, 3.8) is 0 Å². The molecular formula is C48H28N2S2. The van der Waals surface area contributed by atoms with Crippen molar-refractivity contribution in [1.29, 1.82) is 0 Å². The summed E-state index contributed by atoms with van der Waals surface area (Å²) in [6.45, 7) is 0. The van der Waals surface area contributed by atoms with E-state index in [1.54, 1.807) is 0 Å². The van der Waals surface area contributed by atoms with Crippen LogP contribution < -0.4 is 0 Å². The van der Waals surface area contributed by atoms with Gasteiger partial charge >= 0.3 is 0 Å². The van der Waals surface area contributed by atoms with Crippen molar-refractivity contribution in [2.24, 2.45) is 0 Å². The van der Waals surface area contributed by atoms with Crippen LogP contribution in [-0.4, -0.2) is 9.97 Å². The Balaban J connectivity index is 1.13. The fourth-order valence-electron chi connectivity index (χ4n) is 7.62. The van der Waals surface area contributed by atoms with Crippen LogP contribution in [0, 0.1) is 0 Å². The van der Waals surface area contributed by atoms with Gasteiger partial charge in [0.15, 0.2) is 0 Å².